The maximum absolute atomic E-state index is 13.2. The van der Waals surface area contributed by atoms with E-state index in [1.54, 1.807) is 0 Å². The number of nitrogens with zero attached hydrogens (tertiary/aromatic N) is 1. The number of fused-ring (bicyclic) bond motifs is 4. The highest BCUT2D eigenvalue weighted by molar-refractivity contribution is 5.91. The molecule has 1 saturated heterocycles. The first-order valence-electron chi connectivity index (χ1n) is 12.2. The molecular formula is C27H28N2O6. The first-order valence-corrected chi connectivity index (χ1v) is 12.2. The summed E-state index contributed by atoms with van der Waals surface area (Å²) in [6, 6.07) is 15.1. The summed E-state index contributed by atoms with van der Waals surface area (Å²) in [5, 5.41) is 22.3. The van der Waals surface area contributed by atoms with E-state index >= 15 is 0 Å². The summed E-state index contributed by atoms with van der Waals surface area (Å²) >= 11 is 0. The number of carbonyl (C=O) groups is 3. The maximum Gasteiger partial charge on any atom is 0.407 e. The topological polar surface area (TPSA) is 116 Å². The number of hydrogen-bond donors (Lipinski definition) is 3. The Labute approximate surface area is 202 Å². The predicted molar refractivity (Wildman–Crippen MR) is 126 cm³/mol. The molecule has 2 aromatic carbocycles. The minimum Gasteiger partial charge on any atom is -0.480 e. The van der Waals surface area contributed by atoms with E-state index in [4.69, 9.17) is 4.74 Å². The second kappa shape index (κ2) is 8.09. The van der Waals surface area contributed by atoms with Crippen LogP contribution in [0.15, 0.2) is 48.5 Å². The van der Waals surface area contributed by atoms with Crippen LogP contribution in [0.25, 0.3) is 11.1 Å². The normalized spacial score (nSPS) is 30.4. The molecule has 1 aliphatic heterocycles. The molecule has 182 valence electrons. The summed E-state index contributed by atoms with van der Waals surface area (Å²) in [5.41, 5.74) is 4.00. The summed E-state index contributed by atoms with van der Waals surface area (Å²) < 4.78 is 5.65. The van der Waals surface area contributed by atoms with Crippen molar-refractivity contribution in [1.82, 2.24) is 10.2 Å². The number of benzene rings is 2. The molecule has 0 bridgehead atoms. The molecule has 8 nitrogen and oxygen atoms in total. The summed E-state index contributed by atoms with van der Waals surface area (Å²) in [7, 11) is 0. The third-order valence-electron chi connectivity index (χ3n) is 8.33. The van der Waals surface area contributed by atoms with Crippen molar-refractivity contribution in [3.63, 3.8) is 0 Å². The fraction of sp³-hybridized carbons (Fsp3) is 0.444. The third kappa shape index (κ3) is 3.58. The fourth-order valence-electron chi connectivity index (χ4n) is 6.63. The second-order valence-electron chi connectivity index (χ2n) is 10.4. The Hall–Kier alpha value is -3.39. The number of rotatable bonds is 5. The van der Waals surface area contributed by atoms with Crippen molar-refractivity contribution in [1.29, 1.82) is 0 Å². The summed E-state index contributed by atoms with van der Waals surface area (Å²) in [6.07, 6.45) is 0.589. The van der Waals surface area contributed by atoms with Crippen LogP contribution in [0.4, 0.5) is 4.79 Å². The molecule has 2 aromatic rings. The van der Waals surface area contributed by atoms with Crippen LogP contribution in [-0.2, 0) is 14.3 Å². The lowest BCUT2D eigenvalue weighted by atomic mass is 9.98. The van der Waals surface area contributed by atoms with Crippen LogP contribution in [0.1, 0.15) is 42.7 Å². The minimum atomic E-state index is -1.09. The van der Waals surface area contributed by atoms with Crippen LogP contribution < -0.4 is 5.32 Å². The molecule has 0 aromatic heterocycles. The standard InChI is InChI=1S/C27H28N2O6/c30-17-10-23(24(31)32)29(13-17)25(33)27-11-15(27)9-16(12-27)28-26(34)35-14-22-20-7-3-1-5-18(20)19-6-2-4-8-21(19)22/h1-8,15-17,22-23,30H,9-14H2,(H,28,34)(H,31,32)/t15?,16?,17-,23-,27?/m1/s1. The number of aliphatic hydroxyl groups excluding tert-OH is 1. The molecule has 5 atom stereocenters. The molecule has 1 heterocycles. The lowest BCUT2D eigenvalue weighted by molar-refractivity contribution is -0.150. The fourth-order valence-corrected chi connectivity index (χ4v) is 6.63. The lowest BCUT2D eigenvalue weighted by Gasteiger charge is -2.26. The number of β-amino-alcohol motifs (C(OH)–C–C–N with tert-alkyl or cyclic N) is 1. The van der Waals surface area contributed by atoms with Gasteiger partial charge in [-0.25, -0.2) is 9.59 Å². The zero-order valence-corrected chi connectivity index (χ0v) is 19.2. The molecule has 0 radical (unpaired) electrons. The number of likely N-dealkylation sites (tertiary alicyclic amines) is 1. The van der Waals surface area contributed by atoms with Crippen molar-refractivity contribution in [3.05, 3.63) is 59.7 Å². The maximum atomic E-state index is 13.2. The van der Waals surface area contributed by atoms with Gasteiger partial charge in [0.2, 0.25) is 5.91 Å². The Morgan fingerprint density at radius 1 is 1.00 bits per heavy atom. The van der Waals surface area contributed by atoms with Crippen LogP contribution in [0.3, 0.4) is 0 Å². The zero-order valence-electron chi connectivity index (χ0n) is 19.2. The van der Waals surface area contributed by atoms with E-state index in [0.717, 1.165) is 11.1 Å². The van der Waals surface area contributed by atoms with Crippen LogP contribution in [0, 0.1) is 11.3 Å². The second-order valence-corrected chi connectivity index (χ2v) is 10.4. The monoisotopic (exact) mass is 476 g/mol. The van der Waals surface area contributed by atoms with Gasteiger partial charge in [0.05, 0.1) is 11.5 Å². The van der Waals surface area contributed by atoms with Gasteiger partial charge in [0.15, 0.2) is 0 Å². The van der Waals surface area contributed by atoms with Gasteiger partial charge in [-0.15, -0.1) is 0 Å². The number of carboxylic acid groups (broad SMARTS) is 1. The third-order valence-corrected chi connectivity index (χ3v) is 8.33. The number of ether oxygens (including phenoxy) is 1. The first-order chi connectivity index (χ1) is 16.9. The van der Waals surface area contributed by atoms with Crippen molar-refractivity contribution >= 4 is 18.0 Å². The average Bonchev–Trinajstić information content (AvgIpc) is 3.13. The summed E-state index contributed by atoms with van der Waals surface area (Å²) in [6.45, 7) is 0.279. The molecular weight excluding hydrogens is 448 g/mol. The number of carboxylic acids is 1. The van der Waals surface area contributed by atoms with E-state index in [9.17, 15) is 24.6 Å². The van der Waals surface area contributed by atoms with Gasteiger partial charge in [0.1, 0.15) is 12.6 Å². The van der Waals surface area contributed by atoms with Crippen LogP contribution in [-0.4, -0.2) is 64.4 Å². The number of aliphatic carboxylic acids is 1. The Bertz CT molecular complexity index is 1170. The zero-order chi connectivity index (χ0) is 24.3. The van der Waals surface area contributed by atoms with E-state index in [-0.39, 0.29) is 43.4 Å². The Morgan fingerprint density at radius 3 is 2.31 bits per heavy atom. The number of amides is 2. The number of nitrogens with one attached hydrogen (secondary N) is 1. The number of carbonyl (C=O) groups excluding carboxylic acids is 2. The van der Waals surface area contributed by atoms with Crippen molar-refractivity contribution in [2.45, 2.75) is 49.8 Å². The van der Waals surface area contributed by atoms with Crippen molar-refractivity contribution < 1.29 is 29.3 Å². The highest BCUT2D eigenvalue weighted by atomic mass is 16.5. The molecule has 4 aliphatic rings. The number of hydrogen-bond acceptors (Lipinski definition) is 5. The van der Waals surface area contributed by atoms with E-state index in [0.29, 0.717) is 19.3 Å². The van der Waals surface area contributed by atoms with E-state index in [2.05, 4.69) is 29.6 Å². The SMILES string of the molecule is O=C(NC1CC2CC2(C(=O)N2C[C@H](O)C[C@@H]2C(=O)O)C1)OCC1c2ccccc2-c2ccccc21. The van der Waals surface area contributed by atoms with Gasteiger partial charge in [-0.05, 0) is 47.4 Å². The first kappa shape index (κ1) is 22.1. The molecule has 8 heteroatoms. The van der Waals surface area contributed by atoms with Gasteiger partial charge in [0.25, 0.3) is 0 Å². The van der Waals surface area contributed by atoms with E-state index in [1.807, 2.05) is 24.3 Å². The Morgan fingerprint density at radius 2 is 1.66 bits per heavy atom. The highest BCUT2D eigenvalue weighted by Crippen LogP contribution is 2.64. The summed E-state index contributed by atoms with van der Waals surface area (Å²) in [4.78, 5) is 38.8. The largest absolute Gasteiger partial charge is 0.480 e. The van der Waals surface area contributed by atoms with E-state index in [1.165, 1.54) is 16.0 Å². The molecule has 6 rings (SSSR count). The number of alkyl carbamates (subject to hydrolysis) is 1. The molecule has 35 heavy (non-hydrogen) atoms. The summed E-state index contributed by atoms with van der Waals surface area (Å²) in [5.74, 6) is -1.19. The van der Waals surface area contributed by atoms with Gasteiger partial charge < -0.3 is 25.2 Å². The minimum absolute atomic E-state index is 0.0207. The van der Waals surface area contributed by atoms with E-state index < -0.39 is 29.6 Å². The predicted octanol–water partition coefficient (Wildman–Crippen LogP) is 2.74. The molecule has 0 spiro atoms. The molecule has 3 fully saturated rings. The Balaban J connectivity index is 1.08. The van der Waals surface area contributed by atoms with Crippen LogP contribution >= 0.6 is 0 Å². The molecule has 3 aliphatic carbocycles. The highest BCUT2D eigenvalue weighted by Gasteiger charge is 2.67. The van der Waals surface area contributed by atoms with Crippen LogP contribution in [0.5, 0.6) is 0 Å². The van der Waals surface area contributed by atoms with Gasteiger partial charge in [-0.2, -0.15) is 0 Å². The van der Waals surface area contributed by atoms with Crippen molar-refractivity contribution in [2.75, 3.05) is 13.2 Å². The molecule has 2 amide bonds. The van der Waals surface area contributed by atoms with Crippen LogP contribution in [0.2, 0.25) is 0 Å². The van der Waals surface area contributed by atoms with Gasteiger partial charge in [-0.3, -0.25) is 4.79 Å². The molecule has 2 saturated carbocycles. The average molecular weight is 477 g/mol. The molecule has 3 N–H and O–H groups in total. The van der Waals surface area contributed by atoms with Gasteiger partial charge in [0, 0.05) is 24.9 Å². The van der Waals surface area contributed by atoms with Crippen molar-refractivity contribution in [2.24, 2.45) is 11.3 Å². The molecule has 3 unspecified atom stereocenters. The quantitative estimate of drug-likeness (QED) is 0.611. The van der Waals surface area contributed by atoms with Crippen molar-refractivity contribution in [3.8, 4) is 11.1 Å². The Kier molecular flexibility index (Phi) is 5.11. The van der Waals surface area contributed by atoms with Gasteiger partial charge in [-0.1, -0.05) is 48.5 Å². The van der Waals surface area contributed by atoms with Gasteiger partial charge >= 0.3 is 12.1 Å². The smallest absolute Gasteiger partial charge is 0.407 e. The number of aliphatic hydroxyl groups is 1. The lowest BCUT2D eigenvalue weighted by Crippen LogP contribution is -2.45.